The van der Waals surface area contributed by atoms with Crippen LogP contribution in [0.1, 0.15) is 23.0 Å². The Hall–Kier alpha value is -1.38. The lowest BCUT2D eigenvalue weighted by Crippen LogP contribution is -2.19. The zero-order chi connectivity index (χ0) is 8.97. The van der Waals surface area contributed by atoms with Crippen LogP contribution in [0.15, 0.2) is 18.3 Å². The predicted octanol–water partition coefficient (Wildman–Crippen LogP) is 1.00. The first kappa shape index (κ1) is 8.71. The highest BCUT2D eigenvalue weighted by Crippen LogP contribution is 2.01. The van der Waals surface area contributed by atoms with Crippen LogP contribution in [-0.4, -0.2) is 17.9 Å². The molecule has 0 atom stereocenters. The maximum absolute atomic E-state index is 11.1. The summed E-state index contributed by atoms with van der Waals surface area (Å²) >= 11 is 0. The Labute approximate surface area is 71.8 Å². The van der Waals surface area contributed by atoms with Crippen LogP contribution in [0, 0.1) is 0 Å². The van der Waals surface area contributed by atoms with Crippen molar-refractivity contribution in [3.63, 3.8) is 0 Å². The number of nitrogens with zero attached hydrogens (tertiary/aromatic N) is 1. The molecule has 0 radical (unpaired) electrons. The van der Waals surface area contributed by atoms with Gasteiger partial charge >= 0.3 is 0 Å². The topological polar surface area (TPSA) is 42.0 Å². The number of hydrogen-bond acceptors (Lipinski definition) is 2. The van der Waals surface area contributed by atoms with Gasteiger partial charge in [-0.15, -0.1) is 0 Å². The van der Waals surface area contributed by atoms with Gasteiger partial charge in [0.25, 0.3) is 5.91 Å². The zero-order valence-corrected chi connectivity index (χ0v) is 7.29. The van der Waals surface area contributed by atoms with Crippen molar-refractivity contribution in [3.05, 3.63) is 29.6 Å². The average molecular weight is 164 g/mol. The maximum atomic E-state index is 11.1. The molecular weight excluding hydrogens is 152 g/mol. The van der Waals surface area contributed by atoms with Crippen molar-refractivity contribution in [1.82, 2.24) is 10.3 Å². The third-order valence-electron chi connectivity index (χ3n) is 1.69. The zero-order valence-electron chi connectivity index (χ0n) is 7.29. The van der Waals surface area contributed by atoms with Crippen LogP contribution in [0.25, 0.3) is 0 Å². The number of rotatable bonds is 2. The van der Waals surface area contributed by atoms with Crippen LogP contribution >= 0.6 is 0 Å². The second-order valence-corrected chi connectivity index (χ2v) is 2.48. The highest BCUT2D eigenvalue weighted by molar-refractivity contribution is 5.92. The summed E-state index contributed by atoms with van der Waals surface area (Å²) in [5.74, 6) is -0.134. The summed E-state index contributed by atoms with van der Waals surface area (Å²) < 4.78 is 0. The van der Waals surface area contributed by atoms with Crippen molar-refractivity contribution >= 4 is 5.91 Å². The summed E-state index contributed by atoms with van der Waals surface area (Å²) in [5, 5.41) is 2.53. The lowest BCUT2D eigenvalue weighted by atomic mass is 10.2. The molecule has 0 saturated carbocycles. The van der Waals surface area contributed by atoms with Crippen molar-refractivity contribution in [2.45, 2.75) is 13.3 Å². The van der Waals surface area contributed by atoms with E-state index in [1.54, 1.807) is 19.3 Å². The Kier molecular flexibility index (Phi) is 2.80. The average Bonchev–Trinajstić information content (AvgIpc) is 2.17. The fourth-order valence-electron chi connectivity index (χ4n) is 0.946. The summed E-state index contributed by atoms with van der Waals surface area (Å²) in [6.45, 7) is 2.04. The first-order valence-electron chi connectivity index (χ1n) is 3.95. The Balaban J connectivity index is 2.93. The molecular formula is C9H12N2O. The molecule has 0 fully saturated rings. The molecule has 0 unspecified atom stereocenters. The van der Waals surface area contributed by atoms with Crippen LogP contribution in [0.3, 0.4) is 0 Å². The van der Waals surface area contributed by atoms with E-state index in [-0.39, 0.29) is 5.91 Å². The van der Waals surface area contributed by atoms with Gasteiger partial charge in [0.15, 0.2) is 0 Å². The molecule has 3 heteroatoms. The lowest BCUT2D eigenvalue weighted by Gasteiger charge is -2.00. The first-order chi connectivity index (χ1) is 5.77. The van der Waals surface area contributed by atoms with Crippen LogP contribution < -0.4 is 5.32 Å². The maximum Gasteiger partial charge on any atom is 0.269 e. The van der Waals surface area contributed by atoms with E-state index in [1.165, 1.54) is 0 Å². The largest absolute Gasteiger partial charge is 0.354 e. The second-order valence-electron chi connectivity index (χ2n) is 2.48. The standard InChI is InChI=1S/C9H12N2O/c1-3-7-4-5-11-8(6-7)9(12)10-2/h4-6H,3H2,1-2H3,(H,10,12). The molecule has 0 aromatic carbocycles. The molecule has 1 rings (SSSR count). The van der Waals surface area contributed by atoms with Gasteiger partial charge in [-0.25, -0.2) is 0 Å². The van der Waals surface area contributed by atoms with Gasteiger partial charge in [-0.05, 0) is 24.1 Å². The normalized spacial score (nSPS) is 9.50. The highest BCUT2D eigenvalue weighted by atomic mass is 16.1. The van der Waals surface area contributed by atoms with E-state index < -0.39 is 0 Å². The van der Waals surface area contributed by atoms with Crippen molar-refractivity contribution < 1.29 is 4.79 Å². The molecule has 1 amide bonds. The molecule has 0 bridgehead atoms. The Morgan fingerprint density at radius 1 is 1.67 bits per heavy atom. The molecule has 1 heterocycles. The quantitative estimate of drug-likeness (QED) is 0.708. The number of hydrogen-bond donors (Lipinski definition) is 1. The van der Waals surface area contributed by atoms with Crippen LogP contribution in [0.5, 0.6) is 0 Å². The van der Waals surface area contributed by atoms with Gasteiger partial charge < -0.3 is 5.32 Å². The number of carbonyl (C=O) groups excluding carboxylic acids is 1. The number of amides is 1. The van der Waals surface area contributed by atoms with Gasteiger partial charge in [0.1, 0.15) is 5.69 Å². The predicted molar refractivity (Wildman–Crippen MR) is 47.0 cm³/mol. The molecule has 0 spiro atoms. The van der Waals surface area contributed by atoms with E-state index in [0.29, 0.717) is 5.69 Å². The van der Waals surface area contributed by atoms with E-state index in [2.05, 4.69) is 10.3 Å². The van der Waals surface area contributed by atoms with Crippen molar-refractivity contribution in [2.24, 2.45) is 0 Å². The molecule has 0 aliphatic heterocycles. The summed E-state index contributed by atoms with van der Waals surface area (Å²) in [4.78, 5) is 15.1. The molecule has 1 aromatic heterocycles. The third kappa shape index (κ3) is 1.81. The van der Waals surface area contributed by atoms with E-state index in [1.807, 2.05) is 13.0 Å². The lowest BCUT2D eigenvalue weighted by molar-refractivity contribution is 0.0958. The number of nitrogens with one attached hydrogen (secondary N) is 1. The summed E-state index contributed by atoms with van der Waals surface area (Å²) in [6, 6.07) is 3.71. The van der Waals surface area contributed by atoms with Crippen LogP contribution in [-0.2, 0) is 6.42 Å². The number of aromatic nitrogens is 1. The fourth-order valence-corrected chi connectivity index (χ4v) is 0.946. The van der Waals surface area contributed by atoms with Gasteiger partial charge in [-0.3, -0.25) is 9.78 Å². The molecule has 1 aromatic rings. The smallest absolute Gasteiger partial charge is 0.269 e. The van der Waals surface area contributed by atoms with E-state index >= 15 is 0 Å². The van der Waals surface area contributed by atoms with Gasteiger partial charge in [-0.1, -0.05) is 6.92 Å². The minimum absolute atomic E-state index is 0.134. The Bertz CT molecular complexity index is 284. The number of aryl methyl sites for hydroxylation is 1. The summed E-state index contributed by atoms with van der Waals surface area (Å²) in [7, 11) is 1.60. The van der Waals surface area contributed by atoms with Crippen molar-refractivity contribution in [1.29, 1.82) is 0 Å². The molecule has 0 saturated heterocycles. The molecule has 1 N–H and O–H groups in total. The minimum Gasteiger partial charge on any atom is -0.354 e. The monoisotopic (exact) mass is 164 g/mol. The molecule has 64 valence electrons. The van der Waals surface area contributed by atoms with Gasteiger partial charge in [0.05, 0.1) is 0 Å². The first-order valence-corrected chi connectivity index (χ1v) is 3.95. The Morgan fingerprint density at radius 3 is 3.00 bits per heavy atom. The van der Waals surface area contributed by atoms with E-state index in [0.717, 1.165) is 12.0 Å². The van der Waals surface area contributed by atoms with Crippen LogP contribution in [0.2, 0.25) is 0 Å². The van der Waals surface area contributed by atoms with Gasteiger partial charge in [-0.2, -0.15) is 0 Å². The van der Waals surface area contributed by atoms with E-state index in [9.17, 15) is 4.79 Å². The summed E-state index contributed by atoms with van der Waals surface area (Å²) in [5.41, 5.74) is 1.61. The number of carbonyl (C=O) groups is 1. The van der Waals surface area contributed by atoms with E-state index in [4.69, 9.17) is 0 Å². The summed E-state index contributed by atoms with van der Waals surface area (Å²) in [6.07, 6.45) is 2.58. The third-order valence-corrected chi connectivity index (χ3v) is 1.69. The highest BCUT2D eigenvalue weighted by Gasteiger charge is 2.03. The van der Waals surface area contributed by atoms with Crippen molar-refractivity contribution in [3.8, 4) is 0 Å². The van der Waals surface area contributed by atoms with Gasteiger partial charge in [0.2, 0.25) is 0 Å². The molecule has 0 aliphatic rings. The van der Waals surface area contributed by atoms with Gasteiger partial charge in [0, 0.05) is 13.2 Å². The molecule has 0 aliphatic carbocycles. The Morgan fingerprint density at radius 2 is 2.42 bits per heavy atom. The molecule has 12 heavy (non-hydrogen) atoms. The minimum atomic E-state index is -0.134. The molecule has 3 nitrogen and oxygen atoms in total. The SMILES string of the molecule is CCc1ccnc(C(=O)NC)c1. The fraction of sp³-hybridized carbons (Fsp3) is 0.333. The number of pyridine rings is 1. The second kappa shape index (κ2) is 3.85. The van der Waals surface area contributed by atoms with Crippen molar-refractivity contribution in [2.75, 3.05) is 7.05 Å². The van der Waals surface area contributed by atoms with Crippen LogP contribution in [0.4, 0.5) is 0 Å².